The van der Waals surface area contributed by atoms with E-state index in [1.54, 1.807) is 18.3 Å². The normalized spacial score (nSPS) is 14.1. The van der Waals surface area contributed by atoms with Crippen molar-refractivity contribution in [2.45, 2.75) is 156 Å². The van der Waals surface area contributed by atoms with Crippen LogP contribution in [-0.4, -0.2) is 62.0 Å². The third-order valence-electron chi connectivity index (χ3n) is 12.3. The van der Waals surface area contributed by atoms with Crippen molar-refractivity contribution in [2.75, 3.05) is 40.3 Å². The highest BCUT2D eigenvalue weighted by Crippen LogP contribution is 2.49. The molecule has 0 atom stereocenters. The summed E-state index contributed by atoms with van der Waals surface area (Å²) >= 11 is 7.30. The van der Waals surface area contributed by atoms with Crippen LogP contribution in [0.2, 0.25) is 0 Å². The molecule has 0 saturated heterocycles. The molecule has 62 heavy (non-hydrogen) atoms. The first-order chi connectivity index (χ1) is 30.2. The van der Waals surface area contributed by atoms with Gasteiger partial charge in [0.05, 0.1) is 5.57 Å². The molecular formula is C52H72N2O4S4. The van der Waals surface area contributed by atoms with Crippen LogP contribution >= 0.6 is 45.3 Å². The summed E-state index contributed by atoms with van der Waals surface area (Å²) in [5, 5.41) is 0. The number of aryl methyl sites for hydroxylation is 3. The van der Waals surface area contributed by atoms with E-state index < -0.39 is 11.9 Å². The van der Waals surface area contributed by atoms with Crippen molar-refractivity contribution in [1.82, 2.24) is 9.80 Å². The Hall–Kier alpha value is -2.86. The highest BCUT2D eigenvalue weighted by Gasteiger charge is 2.42. The molecule has 0 unspecified atom stereocenters. The summed E-state index contributed by atoms with van der Waals surface area (Å²) in [6.07, 6.45) is 26.0. The Morgan fingerprint density at radius 1 is 0.468 bits per heavy atom. The Labute approximate surface area is 389 Å². The fraction of sp³-hybridized carbons (Fsp3) is 0.577. The van der Waals surface area contributed by atoms with Gasteiger partial charge in [0.1, 0.15) is 5.57 Å². The number of hydrogen-bond acceptors (Lipinski definition) is 10. The number of esters is 2. The second-order valence-electron chi connectivity index (χ2n) is 17.7. The minimum Gasteiger partial charge on any atom is -0.418 e. The Morgan fingerprint density at radius 3 is 1.40 bits per heavy atom. The number of carbonyl (C=O) groups excluding carboxylic acids is 2. The maximum absolute atomic E-state index is 13.1. The zero-order chi connectivity index (χ0) is 43.8. The molecule has 10 heteroatoms. The van der Waals surface area contributed by atoms with E-state index >= 15 is 0 Å². The second kappa shape index (κ2) is 25.0. The lowest BCUT2D eigenvalue weighted by atomic mass is 10.1. The van der Waals surface area contributed by atoms with Crippen LogP contribution in [0.4, 0.5) is 0 Å². The van der Waals surface area contributed by atoms with Gasteiger partial charge in [-0.1, -0.05) is 104 Å². The lowest BCUT2D eigenvalue weighted by Gasteiger charge is -2.16. The first-order valence-electron chi connectivity index (χ1n) is 23.9. The molecule has 2 aliphatic rings. The minimum atomic E-state index is -0.455. The fourth-order valence-corrected chi connectivity index (χ4v) is 13.3. The van der Waals surface area contributed by atoms with Crippen LogP contribution < -0.4 is 0 Å². The number of ether oxygens (including phenoxy) is 2. The quantitative estimate of drug-likeness (QED) is 0.0384. The smallest absolute Gasteiger partial charge is 0.349 e. The Kier molecular flexibility index (Phi) is 19.6. The Bertz CT molecular complexity index is 2110. The summed E-state index contributed by atoms with van der Waals surface area (Å²) < 4.78 is 11.1. The molecule has 6 heterocycles. The average Bonchev–Trinajstić information content (AvgIpc) is 4.12. The van der Waals surface area contributed by atoms with Gasteiger partial charge in [-0.15, -0.1) is 45.3 Å². The maximum Gasteiger partial charge on any atom is 0.349 e. The molecule has 0 fully saturated rings. The molecule has 4 aromatic heterocycles. The van der Waals surface area contributed by atoms with Crippen molar-refractivity contribution < 1.29 is 19.1 Å². The van der Waals surface area contributed by atoms with Crippen LogP contribution in [0.5, 0.6) is 0 Å². The standard InChI is InChI=1S/C52H72N2O4S4/c1-7-9-11-13-15-17-19-21-31-53(5)33-23-25-39-35-44(61-49(39)42-28-27-37(3)59-42)45-36-40(26-24-34-54(6)32-22-20-18-16-14-12-10-8-2)50(62-45)43-30-29-41(60-43)46-48-47(57-52(46)56)38(4)51(55)58-48/h27-30,35-36H,7-26,31-34H2,1-6H3. The van der Waals surface area contributed by atoms with Gasteiger partial charge in [0, 0.05) is 39.0 Å². The van der Waals surface area contributed by atoms with Gasteiger partial charge in [-0.05, 0) is 140 Å². The third-order valence-corrected chi connectivity index (χ3v) is 17.3. The molecule has 0 bridgehead atoms. The fourth-order valence-electron chi connectivity index (χ4n) is 8.59. The van der Waals surface area contributed by atoms with Crippen LogP contribution in [-0.2, 0) is 31.9 Å². The first-order valence-corrected chi connectivity index (χ1v) is 27.1. The average molecular weight is 917 g/mol. The lowest BCUT2D eigenvalue weighted by molar-refractivity contribution is -0.133. The van der Waals surface area contributed by atoms with Crippen LogP contribution in [0.25, 0.3) is 34.8 Å². The highest BCUT2D eigenvalue weighted by molar-refractivity contribution is 7.29. The first kappa shape index (κ1) is 48.6. The molecule has 4 aromatic rings. The molecular weight excluding hydrogens is 845 g/mol. The molecule has 0 aliphatic carbocycles. The van der Waals surface area contributed by atoms with Crippen molar-refractivity contribution >= 4 is 62.9 Å². The molecule has 0 radical (unpaired) electrons. The van der Waals surface area contributed by atoms with Gasteiger partial charge in [-0.3, -0.25) is 0 Å². The number of carbonyl (C=O) groups is 2. The third kappa shape index (κ3) is 13.6. The molecule has 0 amide bonds. The molecule has 2 aliphatic heterocycles. The van der Waals surface area contributed by atoms with Gasteiger partial charge in [-0.2, -0.15) is 0 Å². The van der Waals surface area contributed by atoms with Gasteiger partial charge < -0.3 is 19.3 Å². The van der Waals surface area contributed by atoms with Crippen molar-refractivity contribution in [3.8, 4) is 29.3 Å². The minimum absolute atomic E-state index is 0.263. The predicted molar refractivity (Wildman–Crippen MR) is 268 cm³/mol. The van der Waals surface area contributed by atoms with Gasteiger partial charge >= 0.3 is 11.9 Å². The Balaban J connectivity index is 1.16. The van der Waals surface area contributed by atoms with Gasteiger partial charge in [0.15, 0.2) is 11.5 Å². The van der Waals surface area contributed by atoms with E-state index in [-0.39, 0.29) is 11.5 Å². The van der Waals surface area contributed by atoms with Crippen molar-refractivity contribution in [3.05, 3.63) is 74.4 Å². The monoisotopic (exact) mass is 916 g/mol. The van der Waals surface area contributed by atoms with E-state index in [0.29, 0.717) is 11.1 Å². The summed E-state index contributed by atoms with van der Waals surface area (Å²) in [5.41, 5.74) is 3.52. The van der Waals surface area contributed by atoms with E-state index in [0.717, 1.165) is 55.1 Å². The van der Waals surface area contributed by atoms with E-state index in [4.69, 9.17) is 9.47 Å². The van der Waals surface area contributed by atoms with Gasteiger partial charge in [-0.25, -0.2) is 9.59 Å². The van der Waals surface area contributed by atoms with Crippen LogP contribution in [0, 0.1) is 6.92 Å². The van der Waals surface area contributed by atoms with Crippen molar-refractivity contribution in [1.29, 1.82) is 0 Å². The number of thiophene rings is 4. The van der Waals surface area contributed by atoms with E-state index in [1.807, 2.05) is 40.1 Å². The van der Waals surface area contributed by atoms with Gasteiger partial charge in [0.25, 0.3) is 0 Å². The van der Waals surface area contributed by atoms with Crippen molar-refractivity contribution in [2.24, 2.45) is 0 Å². The molecule has 6 rings (SSSR count). The predicted octanol–water partition coefficient (Wildman–Crippen LogP) is 15.4. The second-order valence-corrected chi connectivity index (χ2v) is 22.2. The summed E-state index contributed by atoms with van der Waals surface area (Å²) in [6, 6.07) is 13.6. The summed E-state index contributed by atoms with van der Waals surface area (Å²) in [5.74, 6) is -0.379. The zero-order valence-corrected chi connectivity index (χ0v) is 41.9. The number of nitrogens with zero attached hydrogens (tertiary/aromatic N) is 2. The SMILES string of the molecule is CCCCCCCCCCN(C)CCCc1cc(-c2cc(CCCN(C)CCCCCCCCCC)c(-c3ccc(C4=C5OC(=O)C(C)=C5OC4=O)s3)s2)sc1-c1ccc(C)s1. The Morgan fingerprint density at radius 2 is 0.903 bits per heavy atom. The molecule has 0 saturated carbocycles. The molecule has 338 valence electrons. The molecule has 0 spiro atoms. The number of fused-ring (bicyclic) bond motifs is 1. The number of rotatable bonds is 30. The van der Waals surface area contributed by atoms with E-state index in [9.17, 15) is 9.59 Å². The number of hydrogen-bond donors (Lipinski definition) is 0. The van der Waals surface area contributed by atoms with Crippen LogP contribution in [0.3, 0.4) is 0 Å². The van der Waals surface area contributed by atoms with E-state index in [1.165, 1.54) is 150 Å². The molecule has 0 N–H and O–H groups in total. The summed E-state index contributed by atoms with van der Waals surface area (Å²) in [4.78, 5) is 40.4. The van der Waals surface area contributed by atoms with Crippen LogP contribution in [0.1, 0.15) is 157 Å². The van der Waals surface area contributed by atoms with Crippen LogP contribution in [0.15, 0.2) is 53.5 Å². The maximum atomic E-state index is 13.1. The van der Waals surface area contributed by atoms with Crippen molar-refractivity contribution in [3.63, 3.8) is 0 Å². The largest absolute Gasteiger partial charge is 0.418 e. The van der Waals surface area contributed by atoms with E-state index in [2.05, 4.69) is 75.0 Å². The summed E-state index contributed by atoms with van der Waals surface area (Å²) in [6.45, 7) is 12.9. The zero-order valence-electron chi connectivity index (χ0n) is 38.6. The van der Waals surface area contributed by atoms with Gasteiger partial charge in [0.2, 0.25) is 0 Å². The highest BCUT2D eigenvalue weighted by atomic mass is 32.1. The molecule has 6 nitrogen and oxygen atoms in total. The molecule has 0 aromatic carbocycles. The lowest BCUT2D eigenvalue weighted by Crippen LogP contribution is -2.21. The number of unbranched alkanes of at least 4 members (excludes halogenated alkanes) is 14. The summed E-state index contributed by atoms with van der Waals surface area (Å²) in [7, 11) is 4.57. The topological polar surface area (TPSA) is 59.1 Å².